The molecule has 0 aliphatic rings. The summed E-state index contributed by atoms with van der Waals surface area (Å²) in [6.07, 6.45) is 8.80. The van der Waals surface area contributed by atoms with Crippen LogP contribution >= 0.6 is 0 Å². The van der Waals surface area contributed by atoms with Crippen LogP contribution < -0.4 is 0 Å². The van der Waals surface area contributed by atoms with Crippen LogP contribution in [0.3, 0.4) is 0 Å². The summed E-state index contributed by atoms with van der Waals surface area (Å²) in [5, 5.41) is 0. The molecular weight excluding hydrogens is 152 g/mol. The Hall–Kier alpha value is -1.05. The molecule has 0 bridgehead atoms. The van der Waals surface area contributed by atoms with Gasteiger partial charge in [0.25, 0.3) is 0 Å². The Labute approximate surface area is 73.9 Å². The molecule has 0 aromatic rings. The van der Waals surface area contributed by atoms with Crippen molar-refractivity contribution in [1.29, 1.82) is 0 Å². The summed E-state index contributed by atoms with van der Waals surface area (Å²) in [5.41, 5.74) is 0. The predicted octanol–water partition coefficient (Wildman–Crippen LogP) is 2.46. The summed E-state index contributed by atoms with van der Waals surface area (Å²) in [6.45, 7) is 5.52. The number of ether oxygens (including phenoxy) is 1. The molecule has 0 N–H and O–H groups in total. The van der Waals surface area contributed by atoms with Crippen molar-refractivity contribution >= 4 is 5.97 Å². The Balaban J connectivity index is 3.13. The molecule has 2 heteroatoms. The van der Waals surface area contributed by atoms with Crippen molar-refractivity contribution in [2.45, 2.75) is 26.2 Å². The van der Waals surface area contributed by atoms with Crippen molar-refractivity contribution in [3.8, 4) is 0 Å². The average Bonchev–Trinajstić information content (AvgIpc) is 2.02. The van der Waals surface area contributed by atoms with Gasteiger partial charge in [0.2, 0.25) is 0 Å². The highest BCUT2D eigenvalue weighted by atomic mass is 16.5. The molecule has 0 rings (SSSR count). The van der Waals surface area contributed by atoms with Gasteiger partial charge in [-0.15, -0.1) is 6.58 Å². The van der Waals surface area contributed by atoms with Crippen LogP contribution in [-0.2, 0) is 9.53 Å². The molecule has 0 unspecified atom stereocenters. The first-order valence-electron chi connectivity index (χ1n) is 4.16. The van der Waals surface area contributed by atoms with Crippen LogP contribution in [0.1, 0.15) is 26.2 Å². The summed E-state index contributed by atoms with van der Waals surface area (Å²) in [4.78, 5) is 10.3. The van der Waals surface area contributed by atoms with E-state index in [9.17, 15) is 4.79 Å². The number of esters is 1. The van der Waals surface area contributed by atoms with Crippen LogP contribution in [0.25, 0.3) is 0 Å². The fourth-order valence-corrected chi connectivity index (χ4v) is 0.720. The molecule has 0 aromatic carbocycles. The van der Waals surface area contributed by atoms with Crippen molar-refractivity contribution in [2.24, 2.45) is 0 Å². The minimum absolute atomic E-state index is 0.213. The van der Waals surface area contributed by atoms with Crippen molar-refractivity contribution in [3.05, 3.63) is 24.8 Å². The van der Waals surface area contributed by atoms with Gasteiger partial charge in [0.1, 0.15) is 0 Å². The third-order valence-electron chi connectivity index (χ3n) is 1.29. The second-order valence-corrected chi connectivity index (χ2v) is 2.47. The maximum Gasteiger partial charge on any atom is 0.302 e. The third kappa shape index (κ3) is 8.95. The lowest BCUT2D eigenvalue weighted by atomic mass is 10.2. The van der Waals surface area contributed by atoms with Gasteiger partial charge >= 0.3 is 5.97 Å². The molecule has 0 aliphatic carbocycles. The highest BCUT2D eigenvalue weighted by Crippen LogP contribution is 1.93. The summed E-state index contributed by atoms with van der Waals surface area (Å²) in [6, 6.07) is 0. The van der Waals surface area contributed by atoms with Crippen LogP contribution in [-0.4, -0.2) is 12.6 Å². The molecular formula is C10H16O2. The van der Waals surface area contributed by atoms with Crippen molar-refractivity contribution < 1.29 is 9.53 Å². The molecule has 0 saturated carbocycles. The Kier molecular flexibility index (Phi) is 7.35. The fourth-order valence-electron chi connectivity index (χ4n) is 0.720. The van der Waals surface area contributed by atoms with Crippen LogP contribution in [0.2, 0.25) is 0 Å². The van der Waals surface area contributed by atoms with Gasteiger partial charge in [0.05, 0.1) is 6.61 Å². The van der Waals surface area contributed by atoms with Crippen molar-refractivity contribution in [1.82, 2.24) is 0 Å². The van der Waals surface area contributed by atoms with Gasteiger partial charge in [-0.1, -0.05) is 18.2 Å². The van der Waals surface area contributed by atoms with Gasteiger partial charge in [0.15, 0.2) is 0 Å². The standard InChI is InChI=1S/C10H16O2/c1-3-4-5-6-7-8-9-12-10(2)11/h3,6-7H,1,4-5,8-9H2,2H3. The van der Waals surface area contributed by atoms with E-state index < -0.39 is 0 Å². The van der Waals surface area contributed by atoms with Gasteiger partial charge < -0.3 is 4.74 Å². The quantitative estimate of drug-likeness (QED) is 0.346. The minimum Gasteiger partial charge on any atom is -0.466 e. The summed E-state index contributed by atoms with van der Waals surface area (Å²) < 4.78 is 4.74. The van der Waals surface area contributed by atoms with Gasteiger partial charge in [-0.2, -0.15) is 0 Å². The number of hydrogen-bond donors (Lipinski definition) is 0. The van der Waals surface area contributed by atoms with Gasteiger partial charge in [-0.3, -0.25) is 4.79 Å². The molecule has 68 valence electrons. The molecule has 0 atom stereocenters. The number of allylic oxidation sites excluding steroid dienone is 2. The molecule has 0 aliphatic heterocycles. The Morgan fingerprint density at radius 2 is 2.00 bits per heavy atom. The zero-order chi connectivity index (χ0) is 9.23. The van der Waals surface area contributed by atoms with Crippen LogP contribution in [0.15, 0.2) is 24.8 Å². The van der Waals surface area contributed by atoms with E-state index >= 15 is 0 Å². The van der Waals surface area contributed by atoms with E-state index in [-0.39, 0.29) is 5.97 Å². The van der Waals surface area contributed by atoms with Crippen LogP contribution in [0, 0.1) is 0 Å². The molecule has 0 amide bonds. The van der Waals surface area contributed by atoms with E-state index in [2.05, 4.69) is 12.7 Å². The highest BCUT2D eigenvalue weighted by molar-refractivity contribution is 5.65. The number of carbonyl (C=O) groups excluding carboxylic acids is 1. The Morgan fingerprint density at radius 3 is 2.58 bits per heavy atom. The van der Waals surface area contributed by atoms with E-state index in [4.69, 9.17) is 4.74 Å². The Bertz CT molecular complexity index is 159. The third-order valence-corrected chi connectivity index (χ3v) is 1.29. The van der Waals surface area contributed by atoms with Gasteiger partial charge in [-0.25, -0.2) is 0 Å². The molecule has 12 heavy (non-hydrogen) atoms. The maximum absolute atomic E-state index is 10.3. The zero-order valence-corrected chi connectivity index (χ0v) is 7.58. The Morgan fingerprint density at radius 1 is 1.33 bits per heavy atom. The van der Waals surface area contributed by atoms with E-state index in [1.165, 1.54) is 6.92 Å². The number of hydrogen-bond acceptors (Lipinski definition) is 2. The summed E-state index contributed by atoms with van der Waals surface area (Å²) >= 11 is 0. The molecule has 0 aromatic heterocycles. The van der Waals surface area contributed by atoms with Crippen molar-refractivity contribution in [2.75, 3.05) is 6.61 Å². The molecule has 0 saturated heterocycles. The van der Waals surface area contributed by atoms with Gasteiger partial charge in [0, 0.05) is 6.92 Å². The second-order valence-electron chi connectivity index (χ2n) is 2.47. The summed E-state index contributed by atoms with van der Waals surface area (Å²) in [7, 11) is 0. The predicted molar refractivity (Wildman–Crippen MR) is 49.8 cm³/mol. The first-order chi connectivity index (χ1) is 5.77. The molecule has 0 radical (unpaired) electrons. The lowest BCUT2D eigenvalue weighted by molar-refractivity contribution is -0.140. The second kappa shape index (κ2) is 8.05. The zero-order valence-electron chi connectivity index (χ0n) is 7.58. The normalized spacial score (nSPS) is 10.1. The number of carbonyl (C=O) groups is 1. The molecule has 2 nitrogen and oxygen atoms in total. The van der Waals surface area contributed by atoms with E-state index in [0.717, 1.165) is 19.3 Å². The lowest BCUT2D eigenvalue weighted by Gasteiger charge is -1.96. The number of unbranched alkanes of at least 4 members (excludes halogenated alkanes) is 1. The van der Waals surface area contributed by atoms with Crippen LogP contribution in [0.5, 0.6) is 0 Å². The average molecular weight is 168 g/mol. The first kappa shape index (κ1) is 11.0. The summed E-state index contributed by atoms with van der Waals surface area (Å²) in [5.74, 6) is -0.213. The highest BCUT2D eigenvalue weighted by Gasteiger charge is 1.87. The fraction of sp³-hybridized carbons (Fsp3) is 0.500. The molecule has 0 spiro atoms. The van der Waals surface area contributed by atoms with Crippen molar-refractivity contribution in [3.63, 3.8) is 0 Å². The topological polar surface area (TPSA) is 26.3 Å². The van der Waals surface area contributed by atoms with E-state index in [1.54, 1.807) is 0 Å². The van der Waals surface area contributed by atoms with E-state index in [0.29, 0.717) is 6.61 Å². The molecule has 0 fully saturated rings. The molecule has 0 heterocycles. The number of rotatable bonds is 6. The van der Waals surface area contributed by atoms with Gasteiger partial charge in [-0.05, 0) is 19.3 Å². The SMILES string of the molecule is C=CCCC=CCCOC(C)=O. The van der Waals surface area contributed by atoms with Crippen LogP contribution in [0.4, 0.5) is 0 Å². The first-order valence-corrected chi connectivity index (χ1v) is 4.16. The largest absolute Gasteiger partial charge is 0.466 e. The smallest absolute Gasteiger partial charge is 0.302 e. The monoisotopic (exact) mass is 168 g/mol. The van der Waals surface area contributed by atoms with E-state index in [1.807, 2.05) is 12.2 Å². The lowest BCUT2D eigenvalue weighted by Crippen LogP contribution is -1.98. The maximum atomic E-state index is 10.3. The minimum atomic E-state index is -0.213.